The van der Waals surface area contributed by atoms with E-state index in [1.54, 1.807) is 19.2 Å². The molecular formula is C17H22N4O3. The Bertz CT molecular complexity index is 889. The number of aryl methyl sites for hydroxylation is 1. The van der Waals surface area contributed by atoms with Gasteiger partial charge in [0, 0.05) is 27.2 Å². The average Bonchev–Trinajstić information content (AvgIpc) is 2.57. The molecule has 1 aliphatic heterocycles. The van der Waals surface area contributed by atoms with Gasteiger partial charge in [0.1, 0.15) is 11.3 Å². The fourth-order valence-electron chi connectivity index (χ4n) is 3.19. The Balaban J connectivity index is 2.02. The minimum Gasteiger partial charge on any atom is -0.337 e. The number of fused-ring (bicyclic) bond motifs is 1. The van der Waals surface area contributed by atoms with E-state index in [0.717, 1.165) is 43.3 Å². The van der Waals surface area contributed by atoms with E-state index in [1.165, 1.54) is 18.0 Å². The van der Waals surface area contributed by atoms with E-state index in [2.05, 4.69) is 4.98 Å². The number of carbonyl (C=O) groups is 1. The Kier molecular flexibility index (Phi) is 4.51. The maximum atomic E-state index is 12.7. The smallest absolute Gasteiger partial charge is 0.332 e. The van der Waals surface area contributed by atoms with E-state index in [1.807, 2.05) is 4.90 Å². The Morgan fingerprint density at radius 2 is 1.58 bits per heavy atom. The number of likely N-dealkylation sites (tertiary alicyclic amines) is 1. The molecule has 128 valence electrons. The van der Waals surface area contributed by atoms with Crippen LogP contribution in [0.25, 0.3) is 11.0 Å². The zero-order valence-electron chi connectivity index (χ0n) is 14.1. The first-order chi connectivity index (χ1) is 11.5. The number of rotatable bonds is 1. The molecule has 1 fully saturated rings. The molecule has 0 aromatic carbocycles. The van der Waals surface area contributed by atoms with Crippen LogP contribution in [0, 0.1) is 0 Å². The lowest BCUT2D eigenvalue weighted by Crippen LogP contribution is -2.38. The third-order valence-electron chi connectivity index (χ3n) is 4.66. The van der Waals surface area contributed by atoms with Gasteiger partial charge in [0.05, 0.1) is 5.39 Å². The number of pyridine rings is 1. The molecule has 1 amide bonds. The largest absolute Gasteiger partial charge is 0.337 e. The highest BCUT2D eigenvalue weighted by Gasteiger charge is 2.19. The molecule has 0 atom stereocenters. The van der Waals surface area contributed by atoms with Gasteiger partial charge in [-0.3, -0.25) is 18.7 Å². The molecule has 1 saturated heterocycles. The SMILES string of the molecule is Cn1c(=O)c2ccc(C(=O)N3CCCCCCC3)nc2n(C)c1=O. The molecule has 2 aromatic heterocycles. The monoisotopic (exact) mass is 330 g/mol. The topological polar surface area (TPSA) is 77.2 Å². The molecule has 0 bridgehead atoms. The lowest BCUT2D eigenvalue weighted by molar-refractivity contribution is 0.0737. The molecule has 24 heavy (non-hydrogen) atoms. The quantitative estimate of drug-likeness (QED) is 0.783. The second-order valence-electron chi connectivity index (χ2n) is 6.33. The van der Waals surface area contributed by atoms with Gasteiger partial charge in [-0.05, 0) is 25.0 Å². The van der Waals surface area contributed by atoms with Crippen molar-refractivity contribution >= 4 is 16.9 Å². The van der Waals surface area contributed by atoms with Crippen molar-refractivity contribution in [2.75, 3.05) is 13.1 Å². The van der Waals surface area contributed by atoms with E-state index >= 15 is 0 Å². The normalized spacial score (nSPS) is 16.0. The van der Waals surface area contributed by atoms with Crippen LogP contribution >= 0.6 is 0 Å². The number of amides is 1. The van der Waals surface area contributed by atoms with Crippen LogP contribution in [-0.2, 0) is 14.1 Å². The maximum Gasteiger partial charge on any atom is 0.332 e. The van der Waals surface area contributed by atoms with Gasteiger partial charge in [-0.1, -0.05) is 19.3 Å². The van der Waals surface area contributed by atoms with Gasteiger partial charge >= 0.3 is 5.69 Å². The van der Waals surface area contributed by atoms with Crippen LogP contribution in [-0.4, -0.2) is 38.0 Å². The molecule has 7 nitrogen and oxygen atoms in total. The fraction of sp³-hybridized carbons (Fsp3) is 0.529. The van der Waals surface area contributed by atoms with Crippen molar-refractivity contribution in [2.45, 2.75) is 32.1 Å². The van der Waals surface area contributed by atoms with Crippen LogP contribution in [0.1, 0.15) is 42.6 Å². The lowest BCUT2D eigenvalue weighted by atomic mass is 10.1. The predicted octanol–water partition coefficient (Wildman–Crippen LogP) is 1.04. The van der Waals surface area contributed by atoms with Crippen LogP contribution in [0.3, 0.4) is 0 Å². The molecule has 0 aliphatic carbocycles. The van der Waals surface area contributed by atoms with E-state index in [-0.39, 0.29) is 17.2 Å². The highest BCUT2D eigenvalue weighted by Crippen LogP contribution is 2.14. The molecule has 1 aliphatic rings. The summed E-state index contributed by atoms with van der Waals surface area (Å²) in [4.78, 5) is 43.1. The fourth-order valence-corrected chi connectivity index (χ4v) is 3.19. The van der Waals surface area contributed by atoms with Crippen molar-refractivity contribution < 1.29 is 4.79 Å². The van der Waals surface area contributed by atoms with Crippen molar-refractivity contribution in [2.24, 2.45) is 14.1 Å². The number of hydrogen-bond acceptors (Lipinski definition) is 4. The zero-order chi connectivity index (χ0) is 17.3. The summed E-state index contributed by atoms with van der Waals surface area (Å²) in [5.74, 6) is -0.132. The summed E-state index contributed by atoms with van der Waals surface area (Å²) in [6.45, 7) is 1.46. The summed E-state index contributed by atoms with van der Waals surface area (Å²) < 4.78 is 2.35. The van der Waals surface area contributed by atoms with E-state index in [4.69, 9.17) is 0 Å². The van der Waals surface area contributed by atoms with Crippen LogP contribution in [0.4, 0.5) is 0 Å². The Morgan fingerprint density at radius 1 is 0.958 bits per heavy atom. The maximum absolute atomic E-state index is 12.7. The summed E-state index contributed by atoms with van der Waals surface area (Å²) in [6.07, 6.45) is 5.50. The van der Waals surface area contributed by atoms with Gasteiger partial charge in [0.2, 0.25) is 0 Å². The molecule has 0 saturated carbocycles. The summed E-state index contributed by atoms with van der Waals surface area (Å²) >= 11 is 0. The van der Waals surface area contributed by atoms with Gasteiger partial charge in [-0.15, -0.1) is 0 Å². The van der Waals surface area contributed by atoms with E-state index < -0.39 is 11.2 Å². The van der Waals surface area contributed by atoms with Crippen molar-refractivity contribution in [3.63, 3.8) is 0 Å². The van der Waals surface area contributed by atoms with Crippen molar-refractivity contribution in [1.82, 2.24) is 19.0 Å². The molecule has 0 spiro atoms. The van der Waals surface area contributed by atoms with Gasteiger partial charge < -0.3 is 4.90 Å². The molecule has 2 aromatic rings. The van der Waals surface area contributed by atoms with Gasteiger partial charge in [-0.25, -0.2) is 9.78 Å². The standard InChI is InChI=1S/C17H22N4O3/c1-19-14-12(15(22)20(2)17(19)24)8-9-13(18-14)16(23)21-10-6-4-3-5-7-11-21/h8-9H,3-7,10-11H2,1-2H3. The molecule has 0 radical (unpaired) electrons. The van der Waals surface area contributed by atoms with Crippen molar-refractivity contribution in [1.29, 1.82) is 0 Å². The number of nitrogens with zero attached hydrogens (tertiary/aromatic N) is 4. The first-order valence-electron chi connectivity index (χ1n) is 8.37. The Hall–Kier alpha value is -2.44. The predicted molar refractivity (Wildman–Crippen MR) is 91.2 cm³/mol. The second kappa shape index (κ2) is 6.59. The minimum absolute atomic E-state index is 0.132. The third-order valence-corrected chi connectivity index (χ3v) is 4.66. The first-order valence-corrected chi connectivity index (χ1v) is 8.37. The average molecular weight is 330 g/mol. The Morgan fingerprint density at radius 3 is 2.25 bits per heavy atom. The van der Waals surface area contributed by atoms with E-state index in [9.17, 15) is 14.4 Å². The second-order valence-corrected chi connectivity index (χ2v) is 6.33. The Labute approximate surface area is 139 Å². The highest BCUT2D eigenvalue weighted by atomic mass is 16.2. The number of aromatic nitrogens is 3. The lowest BCUT2D eigenvalue weighted by Gasteiger charge is -2.24. The van der Waals surface area contributed by atoms with Crippen molar-refractivity contribution in [3.05, 3.63) is 38.7 Å². The van der Waals surface area contributed by atoms with Crippen molar-refractivity contribution in [3.8, 4) is 0 Å². The molecule has 3 rings (SSSR count). The van der Waals surface area contributed by atoms with Gasteiger partial charge in [0.25, 0.3) is 11.5 Å². The highest BCUT2D eigenvalue weighted by molar-refractivity contribution is 5.94. The first kappa shape index (κ1) is 16.4. The zero-order valence-corrected chi connectivity index (χ0v) is 14.1. The van der Waals surface area contributed by atoms with Crippen LogP contribution in [0.15, 0.2) is 21.7 Å². The summed E-state index contributed by atoms with van der Waals surface area (Å²) in [6, 6.07) is 3.16. The minimum atomic E-state index is -0.448. The molecule has 0 N–H and O–H groups in total. The molecule has 0 unspecified atom stereocenters. The number of hydrogen-bond donors (Lipinski definition) is 0. The summed E-state index contributed by atoms with van der Waals surface area (Å²) in [5, 5.41) is 0.337. The van der Waals surface area contributed by atoms with Gasteiger partial charge in [0.15, 0.2) is 0 Å². The van der Waals surface area contributed by atoms with Crippen LogP contribution in [0.5, 0.6) is 0 Å². The van der Waals surface area contributed by atoms with Crippen LogP contribution < -0.4 is 11.2 Å². The summed E-state index contributed by atoms with van der Waals surface area (Å²) in [7, 11) is 2.99. The number of carbonyl (C=O) groups excluding carboxylic acids is 1. The van der Waals surface area contributed by atoms with Gasteiger partial charge in [-0.2, -0.15) is 0 Å². The van der Waals surface area contributed by atoms with E-state index in [0.29, 0.717) is 5.39 Å². The third kappa shape index (κ3) is 2.86. The molecule has 7 heteroatoms. The molecule has 3 heterocycles. The van der Waals surface area contributed by atoms with Crippen LogP contribution in [0.2, 0.25) is 0 Å². The molecular weight excluding hydrogens is 308 g/mol. The summed E-state index contributed by atoms with van der Waals surface area (Å²) in [5.41, 5.74) is -0.311.